The number of rotatable bonds is 7. The zero-order valence-electron chi connectivity index (χ0n) is 15.3. The maximum absolute atomic E-state index is 12.0. The highest BCUT2D eigenvalue weighted by Crippen LogP contribution is 2.19. The topological polar surface area (TPSA) is 59.6 Å². The highest BCUT2D eigenvalue weighted by Gasteiger charge is 2.13. The van der Waals surface area contributed by atoms with Crippen LogP contribution in [-0.2, 0) is 11.2 Å². The molecule has 5 nitrogen and oxygen atoms in total. The third-order valence-electron chi connectivity index (χ3n) is 3.94. The number of anilines is 1. The lowest BCUT2D eigenvalue weighted by atomic mass is 10.1. The lowest BCUT2D eigenvalue weighted by Crippen LogP contribution is -2.30. The third-order valence-corrected chi connectivity index (χ3v) is 4.18. The molecule has 6 heteroatoms. The number of methoxy groups -OCH3 is 1. The van der Waals surface area contributed by atoms with Gasteiger partial charge in [0.2, 0.25) is 0 Å². The summed E-state index contributed by atoms with van der Waals surface area (Å²) < 4.78 is 10.2. The Morgan fingerprint density at radius 3 is 2.54 bits per heavy atom. The predicted octanol–water partition coefficient (Wildman–Crippen LogP) is 3.71. The van der Waals surface area contributed by atoms with Gasteiger partial charge in [-0.25, -0.2) is 4.79 Å². The second kappa shape index (κ2) is 9.77. The third kappa shape index (κ3) is 5.46. The molecule has 0 amide bonds. The molecule has 0 atom stereocenters. The Hall–Kier alpha value is -2.60. The van der Waals surface area contributed by atoms with Crippen molar-refractivity contribution in [1.29, 1.82) is 0 Å². The van der Waals surface area contributed by atoms with E-state index >= 15 is 0 Å². The summed E-state index contributed by atoms with van der Waals surface area (Å²) in [6, 6.07) is 13.4. The minimum atomic E-state index is -0.327. The van der Waals surface area contributed by atoms with Crippen molar-refractivity contribution in [2.75, 3.05) is 25.6 Å². The first kappa shape index (κ1) is 19.7. The van der Waals surface area contributed by atoms with Gasteiger partial charge in [-0.15, -0.1) is 0 Å². The molecule has 0 saturated heterocycles. The van der Waals surface area contributed by atoms with E-state index in [1.807, 2.05) is 43.3 Å². The summed E-state index contributed by atoms with van der Waals surface area (Å²) in [6.45, 7) is 4.71. The Morgan fingerprint density at radius 2 is 1.88 bits per heavy atom. The zero-order chi connectivity index (χ0) is 18.9. The normalized spacial score (nSPS) is 10.1. The fourth-order valence-corrected chi connectivity index (χ4v) is 2.69. The summed E-state index contributed by atoms with van der Waals surface area (Å²) >= 11 is 5.35. The number of nitrogens with one attached hydrogen (secondary N) is 2. The first-order valence-corrected chi connectivity index (χ1v) is 8.90. The summed E-state index contributed by atoms with van der Waals surface area (Å²) in [6.07, 6.45) is 0.841. The monoisotopic (exact) mass is 372 g/mol. The van der Waals surface area contributed by atoms with Crippen molar-refractivity contribution in [3.8, 4) is 5.75 Å². The van der Waals surface area contributed by atoms with Crippen molar-refractivity contribution in [2.24, 2.45) is 0 Å². The second-order valence-electron chi connectivity index (χ2n) is 5.68. The molecule has 0 aliphatic carbocycles. The van der Waals surface area contributed by atoms with Gasteiger partial charge < -0.3 is 20.1 Å². The first-order chi connectivity index (χ1) is 12.5. The largest absolute Gasteiger partial charge is 0.497 e. The fourth-order valence-electron chi connectivity index (χ4n) is 2.48. The molecule has 0 aliphatic rings. The van der Waals surface area contributed by atoms with Crippen LogP contribution in [0.2, 0.25) is 0 Å². The van der Waals surface area contributed by atoms with E-state index < -0.39 is 0 Å². The molecule has 26 heavy (non-hydrogen) atoms. The Labute approximate surface area is 159 Å². The summed E-state index contributed by atoms with van der Waals surface area (Å²) in [4.78, 5) is 12.0. The SMILES string of the molecule is CCOC(=O)c1cccc(NC(=S)NCCc2ccc(OC)cc2)c1C. The van der Waals surface area contributed by atoms with Crippen LogP contribution in [0.1, 0.15) is 28.4 Å². The molecule has 0 heterocycles. The number of benzene rings is 2. The van der Waals surface area contributed by atoms with Crippen molar-refractivity contribution >= 4 is 29.0 Å². The Balaban J connectivity index is 1.89. The van der Waals surface area contributed by atoms with E-state index in [1.54, 1.807) is 20.1 Å². The van der Waals surface area contributed by atoms with E-state index in [0.717, 1.165) is 23.4 Å². The molecule has 0 aromatic heterocycles. The van der Waals surface area contributed by atoms with Crippen LogP contribution < -0.4 is 15.4 Å². The van der Waals surface area contributed by atoms with Crippen LogP contribution in [0.5, 0.6) is 5.75 Å². The van der Waals surface area contributed by atoms with E-state index in [2.05, 4.69) is 10.6 Å². The van der Waals surface area contributed by atoms with Crippen LogP contribution >= 0.6 is 12.2 Å². The number of hydrogen-bond donors (Lipinski definition) is 2. The van der Waals surface area contributed by atoms with Gasteiger partial charge in [0.25, 0.3) is 0 Å². The number of carbonyl (C=O) groups excluding carboxylic acids is 1. The van der Waals surface area contributed by atoms with Crippen molar-refractivity contribution in [3.63, 3.8) is 0 Å². The molecular weight excluding hydrogens is 348 g/mol. The minimum absolute atomic E-state index is 0.327. The number of thiocarbonyl (C=S) groups is 1. The second-order valence-corrected chi connectivity index (χ2v) is 6.09. The van der Waals surface area contributed by atoms with Gasteiger partial charge in [0, 0.05) is 12.2 Å². The van der Waals surface area contributed by atoms with Gasteiger partial charge >= 0.3 is 5.97 Å². The van der Waals surface area contributed by atoms with E-state index in [1.165, 1.54) is 5.56 Å². The predicted molar refractivity (Wildman–Crippen MR) is 108 cm³/mol. The van der Waals surface area contributed by atoms with E-state index in [-0.39, 0.29) is 5.97 Å². The molecule has 138 valence electrons. The Morgan fingerprint density at radius 1 is 1.15 bits per heavy atom. The van der Waals surface area contributed by atoms with Gasteiger partial charge in [-0.2, -0.15) is 0 Å². The van der Waals surface area contributed by atoms with E-state index in [0.29, 0.717) is 23.8 Å². The molecule has 0 unspecified atom stereocenters. The van der Waals surface area contributed by atoms with Crippen LogP contribution in [0.4, 0.5) is 5.69 Å². The number of carbonyl (C=O) groups is 1. The number of esters is 1. The van der Waals surface area contributed by atoms with Gasteiger partial charge in [0.05, 0.1) is 19.3 Å². The molecule has 0 radical (unpaired) electrons. The number of hydrogen-bond acceptors (Lipinski definition) is 4. The zero-order valence-corrected chi connectivity index (χ0v) is 16.1. The van der Waals surface area contributed by atoms with Gasteiger partial charge in [-0.05, 0) is 67.9 Å². The molecule has 0 bridgehead atoms. The van der Waals surface area contributed by atoms with E-state index in [9.17, 15) is 4.79 Å². The molecule has 2 aromatic carbocycles. The van der Waals surface area contributed by atoms with Crippen molar-refractivity contribution in [3.05, 3.63) is 59.2 Å². The summed E-state index contributed by atoms with van der Waals surface area (Å²) in [5.74, 6) is 0.517. The van der Waals surface area contributed by atoms with Crippen LogP contribution in [0.3, 0.4) is 0 Å². The first-order valence-electron chi connectivity index (χ1n) is 8.49. The lowest BCUT2D eigenvalue weighted by molar-refractivity contribution is 0.0525. The van der Waals surface area contributed by atoms with Gasteiger partial charge in [0.15, 0.2) is 5.11 Å². The maximum Gasteiger partial charge on any atom is 0.338 e. The van der Waals surface area contributed by atoms with Gasteiger partial charge in [-0.3, -0.25) is 0 Å². The average Bonchev–Trinajstić information content (AvgIpc) is 2.64. The van der Waals surface area contributed by atoms with Crippen molar-refractivity contribution < 1.29 is 14.3 Å². The van der Waals surface area contributed by atoms with Crippen molar-refractivity contribution in [2.45, 2.75) is 20.3 Å². The van der Waals surface area contributed by atoms with Gasteiger partial charge in [-0.1, -0.05) is 18.2 Å². The standard InChI is InChI=1S/C20H24N2O3S/c1-4-25-19(23)17-6-5-7-18(14(17)2)22-20(26)21-13-12-15-8-10-16(24-3)11-9-15/h5-11H,4,12-13H2,1-3H3,(H2,21,22,26). The molecular formula is C20H24N2O3S. The van der Waals surface area contributed by atoms with Crippen LogP contribution in [-0.4, -0.2) is 31.3 Å². The minimum Gasteiger partial charge on any atom is -0.497 e. The summed E-state index contributed by atoms with van der Waals surface area (Å²) in [5.41, 5.74) is 3.34. The van der Waals surface area contributed by atoms with Crippen LogP contribution in [0.25, 0.3) is 0 Å². The highest BCUT2D eigenvalue weighted by atomic mass is 32.1. The van der Waals surface area contributed by atoms with Crippen LogP contribution in [0.15, 0.2) is 42.5 Å². The molecule has 2 aromatic rings. The molecule has 2 N–H and O–H groups in total. The van der Waals surface area contributed by atoms with Crippen molar-refractivity contribution in [1.82, 2.24) is 5.32 Å². The summed E-state index contributed by atoms with van der Waals surface area (Å²) in [7, 11) is 1.65. The number of ether oxygens (including phenoxy) is 2. The lowest BCUT2D eigenvalue weighted by Gasteiger charge is -2.14. The van der Waals surface area contributed by atoms with E-state index in [4.69, 9.17) is 21.7 Å². The van der Waals surface area contributed by atoms with Gasteiger partial charge in [0.1, 0.15) is 5.75 Å². The highest BCUT2D eigenvalue weighted by molar-refractivity contribution is 7.80. The molecule has 0 saturated carbocycles. The maximum atomic E-state index is 12.0. The molecule has 0 aliphatic heterocycles. The smallest absolute Gasteiger partial charge is 0.338 e. The fraction of sp³-hybridized carbons (Fsp3) is 0.300. The molecule has 0 spiro atoms. The quantitative estimate of drug-likeness (QED) is 0.571. The summed E-state index contributed by atoms with van der Waals surface area (Å²) in [5, 5.41) is 6.84. The van der Waals surface area contributed by atoms with Crippen LogP contribution in [0, 0.1) is 6.92 Å². The average molecular weight is 372 g/mol. The molecule has 2 rings (SSSR count). The molecule has 0 fully saturated rings. The Kier molecular flexibility index (Phi) is 7.41. The Bertz CT molecular complexity index is 760.